The summed E-state index contributed by atoms with van der Waals surface area (Å²) in [6.45, 7) is 1.94. The van der Waals surface area contributed by atoms with Crippen LogP contribution in [-0.2, 0) is 9.47 Å². The largest absolute Gasteiger partial charge is 0.379 e. The molecule has 0 amide bonds. The summed E-state index contributed by atoms with van der Waals surface area (Å²) >= 11 is 0. The third-order valence-corrected chi connectivity index (χ3v) is 2.51. The summed E-state index contributed by atoms with van der Waals surface area (Å²) in [5.41, 5.74) is 6.72. The molecule has 1 aromatic heterocycles. The Morgan fingerprint density at radius 1 is 1.67 bits per heavy atom. The molecule has 0 saturated carbocycles. The molecule has 2 atom stereocenters. The van der Waals surface area contributed by atoms with E-state index in [0.717, 1.165) is 18.6 Å². The summed E-state index contributed by atoms with van der Waals surface area (Å²) in [4.78, 5) is 4.06. The molecule has 1 aliphatic heterocycles. The lowest BCUT2D eigenvalue weighted by molar-refractivity contribution is -0.0126. The van der Waals surface area contributed by atoms with Crippen LogP contribution in [0.25, 0.3) is 0 Å². The summed E-state index contributed by atoms with van der Waals surface area (Å²) in [5.74, 6) is 0. The van der Waals surface area contributed by atoms with Gasteiger partial charge in [0, 0.05) is 31.1 Å². The number of hydrogen-bond donors (Lipinski definition) is 1. The number of rotatable bonds is 4. The number of ether oxygens (including phenoxy) is 2. The van der Waals surface area contributed by atoms with Gasteiger partial charge in [0.15, 0.2) is 0 Å². The number of nitrogens with zero attached hydrogens (tertiary/aromatic N) is 1. The normalized spacial score (nSPS) is 22.9. The lowest BCUT2D eigenvalue weighted by atomic mass is 10.1. The molecule has 0 bridgehead atoms. The minimum absolute atomic E-state index is 0.0644. The van der Waals surface area contributed by atoms with Crippen molar-refractivity contribution in [1.82, 2.24) is 4.98 Å². The van der Waals surface area contributed by atoms with E-state index in [9.17, 15) is 0 Å². The molecule has 0 aliphatic carbocycles. The molecule has 4 heteroatoms. The van der Waals surface area contributed by atoms with Crippen molar-refractivity contribution in [2.24, 2.45) is 5.73 Å². The lowest BCUT2D eigenvalue weighted by Gasteiger charge is -2.19. The Morgan fingerprint density at radius 2 is 2.60 bits per heavy atom. The van der Waals surface area contributed by atoms with Gasteiger partial charge >= 0.3 is 0 Å². The zero-order valence-electron chi connectivity index (χ0n) is 8.63. The van der Waals surface area contributed by atoms with Gasteiger partial charge in [-0.05, 0) is 12.5 Å². The SMILES string of the molecule is NCC(OC1CCOC1)c1cccnc1. The van der Waals surface area contributed by atoms with E-state index in [1.807, 2.05) is 12.1 Å². The van der Waals surface area contributed by atoms with Gasteiger partial charge in [0.1, 0.15) is 0 Å². The monoisotopic (exact) mass is 208 g/mol. The Morgan fingerprint density at radius 3 is 3.20 bits per heavy atom. The predicted molar refractivity (Wildman–Crippen MR) is 56.3 cm³/mol. The van der Waals surface area contributed by atoms with Gasteiger partial charge in [-0.3, -0.25) is 4.98 Å². The second kappa shape index (κ2) is 5.21. The number of pyridine rings is 1. The van der Waals surface area contributed by atoms with Crippen molar-refractivity contribution in [2.75, 3.05) is 19.8 Å². The molecule has 15 heavy (non-hydrogen) atoms. The van der Waals surface area contributed by atoms with Gasteiger partial charge in [0.2, 0.25) is 0 Å². The predicted octanol–water partition coefficient (Wildman–Crippen LogP) is 0.887. The van der Waals surface area contributed by atoms with Gasteiger partial charge < -0.3 is 15.2 Å². The van der Waals surface area contributed by atoms with Crippen LogP contribution in [0.1, 0.15) is 18.1 Å². The van der Waals surface area contributed by atoms with Crippen LogP contribution in [0.4, 0.5) is 0 Å². The highest BCUT2D eigenvalue weighted by atomic mass is 16.5. The van der Waals surface area contributed by atoms with E-state index in [1.165, 1.54) is 0 Å². The Balaban J connectivity index is 1.97. The maximum atomic E-state index is 5.86. The van der Waals surface area contributed by atoms with Crippen LogP contribution in [0.5, 0.6) is 0 Å². The van der Waals surface area contributed by atoms with Crippen molar-refractivity contribution in [1.29, 1.82) is 0 Å². The highest BCUT2D eigenvalue weighted by Gasteiger charge is 2.21. The van der Waals surface area contributed by atoms with Gasteiger partial charge in [-0.25, -0.2) is 0 Å². The first-order valence-corrected chi connectivity index (χ1v) is 5.23. The molecule has 1 fully saturated rings. The third kappa shape index (κ3) is 2.75. The number of aromatic nitrogens is 1. The van der Waals surface area contributed by atoms with Crippen LogP contribution in [0.3, 0.4) is 0 Å². The maximum absolute atomic E-state index is 5.86. The summed E-state index contributed by atoms with van der Waals surface area (Å²) in [6.07, 6.45) is 4.61. The van der Waals surface area contributed by atoms with E-state index in [2.05, 4.69) is 4.98 Å². The minimum Gasteiger partial charge on any atom is -0.379 e. The fraction of sp³-hybridized carbons (Fsp3) is 0.545. The topological polar surface area (TPSA) is 57.4 Å². The second-order valence-electron chi connectivity index (χ2n) is 3.63. The van der Waals surface area contributed by atoms with Crippen LogP contribution >= 0.6 is 0 Å². The first-order chi connectivity index (χ1) is 7.40. The van der Waals surface area contributed by atoms with Crippen molar-refractivity contribution in [2.45, 2.75) is 18.6 Å². The Labute approximate surface area is 89.4 Å². The van der Waals surface area contributed by atoms with Crippen molar-refractivity contribution in [3.63, 3.8) is 0 Å². The van der Waals surface area contributed by atoms with Crippen LogP contribution in [0, 0.1) is 0 Å². The van der Waals surface area contributed by atoms with E-state index < -0.39 is 0 Å². The average molecular weight is 208 g/mol. The molecule has 0 radical (unpaired) electrons. The van der Waals surface area contributed by atoms with E-state index >= 15 is 0 Å². The average Bonchev–Trinajstić information content (AvgIpc) is 2.80. The maximum Gasteiger partial charge on any atom is 0.0966 e. The van der Waals surface area contributed by atoms with E-state index in [1.54, 1.807) is 12.4 Å². The van der Waals surface area contributed by atoms with Gasteiger partial charge in [0.05, 0.1) is 18.8 Å². The molecule has 2 unspecified atom stereocenters. The molecule has 0 aromatic carbocycles. The summed E-state index contributed by atoms with van der Waals surface area (Å²) in [6, 6.07) is 3.88. The van der Waals surface area contributed by atoms with Gasteiger partial charge in [-0.2, -0.15) is 0 Å². The van der Waals surface area contributed by atoms with Crippen LogP contribution in [0.2, 0.25) is 0 Å². The van der Waals surface area contributed by atoms with Crippen LogP contribution in [-0.4, -0.2) is 30.8 Å². The van der Waals surface area contributed by atoms with Crippen LogP contribution < -0.4 is 5.73 Å². The van der Waals surface area contributed by atoms with Crippen LogP contribution in [0.15, 0.2) is 24.5 Å². The van der Waals surface area contributed by atoms with E-state index in [4.69, 9.17) is 15.2 Å². The van der Waals surface area contributed by atoms with Crippen molar-refractivity contribution in [3.8, 4) is 0 Å². The van der Waals surface area contributed by atoms with Gasteiger partial charge in [-0.15, -0.1) is 0 Å². The summed E-state index contributed by atoms with van der Waals surface area (Å²) in [7, 11) is 0. The van der Waals surface area contributed by atoms with Crippen molar-refractivity contribution in [3.05, 3.63) is 30.1 Å². The molecule has 1 aromatic rings. The molecule has 1 saturated heterocycles. The quantitative estimate of drug-likeness (QED) is 0.798. The standard InChI is InChI=1S/C11H16N2O2/c12-6-11(9-2-1-4-13-7-9)15-10-3-5-14-8-10/h1-2,4,7,10-11H,3,5-6,8,12H2. The highest BCUT2D eigenvalue weighted by Crippen LogP contribution is 2.20. The summed E-state index contributed by atoms with van der Waals surface area (Å²) in [5, 5.41) is 0. The second-order valence-corrected chi connectivity index (χ2v) is 3.63. The fourth-order valence-electron chi connectivity index (χ4n) is 1.69. The molecule has 4 nitrogen and oxygen atoms in total. The molecular formula is C11H16N2O2. The molecule has 2 heterocycles. The van der Waals surface area contributed by atoms with Gasteiger partial charge in [-0.1, -0.05) is 6.07 Å². The first-order valence-electron chi connectivity index (χ1n) is 5.23. The van der Waals surface area contributed by atoms with E-state index in [0.29, 0.717) is 13.2 Å². The lowest BCUT2D eigenvalue weighted by Crippen LogP contribution is -2.22. The van der Waals surface area contributed by atoms with E-state index in [-0.39, 0.29) is 12.2 Å². The highest BCUT2D eigenvalue weighted by molar-refractivity contribution is 5.12. The van der Waals surface area contributed by atoms with Crippen molar-refractivity contribution < 1.29 is 9.47 Å². The molecule has 2 rings (SSSR count). The smallest absolute Gasteiger partial charge is 0.0966 e. The molecule has 1 aliphatic rings. The molecular weight excluding hydrogens is 192 g/mol. The zero-order valence-corrected chi connectivity index (χ0v) is 8.63. The Kier molecular flexibility index (Phi) is 3.66. The first kappa shape index (κ1) is 10.5. The third-order valence-electron chi connectivity index (χ3n) is 2.51. The van der Waals surface area contributed by atoms with Gasteiger partial charge in [0.25, 0.3) is 0 Å². The molecule has 2 N–H and O–H groups in total. The zero-order chi connectivity index (χ0) is 10.5. The van der Waals surface area contributed by atoms with Crippen molar-refractivity contribution >= 4 is 0 Å². The summed E-state index contributed by atoms with van der Waals surface area (Å²) < 4.78 is 11.1. The molecule has 82 valence electrons. The fourth-order valence-corrected chi connectivity index (χ4v) is 1.69. The number of nitrogens with two attached hydrogens (primary N) is 1. The minimum atomic E-state index is -0.0644. The number of hydrogen-bond acceptors (Lipinski definition) is 4. The Hall–Kier alpha value is -0.970. The Bertz CT molecular complexity index is 286. The molecule has 0 spiro atoms.